The minimum absolute atomic E-state index is 0.359. The fraction of sp³-hybridized carbons (Fsp3) is 0.562. The zero-order valence-corrected chi connectivity index (χ0v) is 11.2. The van der Waals surface area contributed by atoms with Crippen LogP contribution in [0.5, 0.6) is 0 Å². The molecule has 0 spiro atoms. The summed E-state index contributed by atoms with van der Waals surface area (Å²) in [6, 6.07) is 10.9. The zero-order chi connectivity index (χ0) is 12.5. The number of hydrogen-bond donors (Lipinski definition) is 1. The van der Waals surface area contributed by atoms with Crippen LogP contribution in [-0.2, 0) is 0 Å². The molecule has 1 aromatic carbocycles. The topological polar surface area (TPSA) is 26.0 Å². The summed E-state index contributed by atoms with van der Waals surface area (Å²) in [5.74, 6) is 2.93. The molecule has 2 unspecified atom stereocenters. The Morgan fingerprint density at radius 3 is 2.29 bits per heavy atom. The average molecular weight is 230 g/mol. The third-order valence-electron chi connectivity index (χ3n) is 4.13. The summed E-state index contributed by atoms with van der Waals surface area (Å²) < 4.78 is 0. The van der Waals surface area contributed by atoms with E-state index in [-0.39, 0.29) is 0 Å². The van der Waals surface area contributed by atoms with Crippen molar-refractivity contribution in [3.63, 3.8) is 0 Å². The highest BCUT2D eigenvalue weighted by atomic mass is 14.6. The predicted molar refractivity (Wildman–Crippen MR) is 73.7 cm³/mol. The molecular formula is C16H24N. The Morgan fingerprint density at radius 2 is 1.76 bits per heavy atom. The molecule has 0 heterocycles. The highest BCUT2D eigenvalue weighted by Crippen LogP contribution is 2.51. The van der Waals surface area contributed by atoms with Crippen molar-refractivity contribution in [2.24, 2.45) is 17.1 Å². The lowest BCUT2D eigenvalue weighted by atomic mass is 9.72. The second-order valence-corrected chi connectivity index (χ2v) is 6.35. The molecule has 0 bridgehead atoms. The maximum absolute atomic E-state index is 5.84. The van der Waals surface area contributed by atoms with Crippen LogP contribution in [0.4, 0.5) is 0 Å². The summed E-state index contributed by atoms with van der Waals surface area (Å²) in [4.78, 5) is 0. The molecule has 1 aliphatic carbocycles. The van der Waals surface area contributed by atoms with Gasteiger partial charge in [0.1, 0.15) is 0 Å². The standard InChI is InChI=1S/C16H24N/c1-16(2,3)15-10-12(11-17)9-14(15)13-7-5-4-6-8-13/h4-8,14-15H,9-11,17H2,1-3H3. The van der Waals surface area contributed by atoms with Gasteiger partial charge in [0.15, 0.2) is 0 Å². The van der Waals surface area contributed by atoms with Gasteiger partial charge in [-0.1, -0.05) is 51.1 Å². The minimum Gasteiger partial charge on any atom is -0.330 e. The fourth-order valence-corrected chi connectivity index (χ4v) is 3.12. The van der Waals surface area contributed by atoms with E-state index in [1.807, 2.05) is 0 Å². The molecule has 1 nitrogen and oxygen atoms in total. The van der Waals surface area contributed by atoms with Crippen molar-refractivity contribution in [3.05, 3.63) is 41.8 Å². The summed E-state index contributed by atoms with van der Waals surface area (Å²) in [7, 11) is 0. The van der Waals surface area contributed by atoms with Gasteiger partial charge < -0.3 is 5.73 Å². The number of benzene rings is 1. The van der Waals surface area contributed by atoms with E-state index in [0.717, 1.165) is 12.5 Å². The van der Waals surface area contributed by atoms with Gasteiger partial charge in [-0.25, -0.2) is 0 Å². The number of nitrogens with two attached hydrogens (primary N) is 1. The normalized spacial score (nSPS) is 26.4. The van der Waals surface area contributed by atoms with E-state index in [0.29, 0.717) is 11.3 Å². The molecule has 1 saturated carbocycles. The quantitative estimate of drug-likeness (QED) is 0.822. The minimum atomic E-state index is 0.359. The van der Waals surface area contributed by atoms with E-state index in [4.69, 9.17) is 5.73 Å². The van der Waals surface area contributed by atoms with Gasteiger partial charge in [-0.3, -0.25) is 0 Å². The highest BCUT2D eigenvalue weighted by Gasteiger charge is 2.40. The molecule has 2 N–H and O–H groups in total. The van der Waals surface area contributed by atoms with Crippen LogP contribution in [0.2, 0.25) is 0 Å². The Labute approximate surface area is 105 Å². The summed E-state index contributed by atoms with van der Waals surface area (Å²) in [5.41, 5.74) is 7.68. The first-order chi connectivity index (χ1) is 8.02. The molecule has 1 heteroatoms. The van der Waals surface area contributed by atoms with Crippen LogP contribution >= 0.6 is 0 Å². The molecule has 0 aromatic heterocycles. The van der Waals surface area contributed by atoms with Crippen LogP contribution in [0.15, 0.2) is 30.3 Å². The fourth-order valence-electron chi connectivity index (χ4n) is 3.12. The van der Waals surface area contributed by atoms with E-state index in [9.17, 15) is 0 Å². The van der Waals surface area contributed by atoms with Crippen LogP contribution in [-0.4, -0.2) is 6.54 Å². The Kier molecular flexibility index (Phi) is 3.58. The second kappa shape index (κ2) is 4.81. The van der Waals surface area contributed by atoms with Crippen molar-refractivity contribution >= 4 is 0 Å². The molecule has 1 aliphatic rings. The van der Waals surface area contributed by atoms with E-state index in [1.165, 1.54) is 18.4 Å². The number of hydrogen-bond acceptors (Lipinski definition) is 1. The Hall–Kier alpha value is -0.820. The molecular weight excluding hydrogens is 206 g/mol. The SMILES string of the molecule is CC(C)(C)C1C[C](CN)CC1c1ccccc1. The third kappa shape index (κ3) is 2.71. The van der Waals surface area contributed by atoms with Crippen molar-refractivity contribution in [2.45, 2.75) is 39.5 Å². The largest absolute Gasteiger partial charge is 0.330 e. The molecule has 93 valence electrons. The Bertz CT molecular complexity index is 350. The zero-order valence-electron chi connectivity index (χ0n) is 11.2. The van der Waals surface area contributed by atoms with Gasteiger partial charge >= 0.3 is 0 Å². The number of rotatable bonds is 2. The van der Waals surface area contributed by atoms with Gasteiger partial charge in [0.25, 0.3) is 0 Å². The van der Waals surface area contributed by atoms with Crippen LogP contribution in [0.25, 0.3) is 0 Å². The van der Waals surface area contributed by atoms with Gasteiger partial charge in [0.2, 0.25) is 0 Å². The molecule has 2 rings (SSSR count). The highest BCUT2D eigenvalue weighted by molar-refractivity contribution is 5.26. The lowest BCUT2D eigenvalue weighted by Gasteiger charge is -2.32. The van der Waals surface area contributed by atoms with E-state index in [1.54, 1.807) is 5.92 Å². The Morgan fingerprint density at radius 1 is 1.12 bits per heavy atom. The van der Waals surface area contributed by atoms with Crippen LogP contribution in [0.3, 0.4) is 0 Å². The average Bonchev–Trinajstić information content (AvgIpc) is 2.74. The van der Waals surface area contributed by atoms with Crippen molar-refractivity contribution in [3.8, 4) is 0 Å². The smallest absolute Gasteiger partial charge is 0.00144 e. The van der Waals surface area contributed by atoms with E-state index >= 15 is 0 Å². The van der Waals surface area contributed by atoms with Gasteiger partial charge in [-0.2, -0.15) is 0 Å². The third-order valence-corrected chi connectivity index (χ3v) is 4.13. The van der Waals surface area contributed by atoms with Crippen molar-refractivity contribution in [1.82, 2.24) is 0 Å². The molecule has 1 fully saturated rings. The molecule has 1 radical (unpaired) electrons. The molecule has 1 aromatic rings. The second-order valence-electron chi connectivity index (χ2n) is 6.35. The monoisotopic (exact) mass is 230 g/mol. The Balaban J connectivity index is 2.25. The maximum atomic E-state index is 5.84. The van der Waals surface area contributed by atoms with E-state index in [2.05, 4.69) is 51.1 Å². The van der Waals surface area contributed by atoms with Crippen molar-refractivity contribution in [1.29, 1.82) is 0 Å². The molecule has 0 amide bonds. The molecule has 0 saturated heterocycles. The maximum Gasteiger partial charge on any atom is -0.00144 e. The lowest BCUT2D eigenvalue weighted by Crippen LogP contribution is -2.23. The van der Waals surface area contributed by atoms with Crippen molar-refractivity contribution in [2.75, 3.05) is 6.54 Å². The summed E-state index contributed by atoms with van der Waals surface area (Å²) in [5, 5.41) is 0. The van der Waals surface area contributed by atoms with Gasteiger partial charge in [-0.15, -0.1) is 0 Å². The predicted octanol–water partition coefficient (Wildman–Crippen LogP) is 3.76. The van der Waals surface area contributed by atoms with Gasteiger partial charge in [-0.05, 0) is 48.1 Å². The molecule has 17 heavy (non-hydrogen) atoms. The summed E-state index contributed by atoms with van der Waals surface area (Å²) >= 11 is 0. The lowest BCUT2D eigenvalue weighted by molar-refractivity contribution is 0.224. The van der Waals surface area contributed by atoms with Crippen LogP contribution in [0, 0.1) is 17.3 Å². The summed E-state index contributed by atoms with van der Waals surface area (Å²) in [6.07, 6.45) is 2.39. The van der Waals surface area contributed by atoms with E-state index < -0.39 is 0 Å². The molecule has 0 aliphatic heterocycles. The van der Waals surface area contributed by atoms with Gasteiger partial charge in [0, 0.05) is 0 Å². The summed E-state index contributed by atoms with van der Waals surface area (Å²) in [6.45, 7) is 7.82. The van der Waals surface area contributed by atoms with Crippen molar-refractivity contribution < 1.29 is 0 Å². The van der Waals surface area contributed by atoms with Crippen LogP contribution in [0.1, 0.15) is 45.1 Å². The first-order valence-corrected chi connectivity index (χ1v) is 6.61. The molecule has 2 atom stereocenters. The van der Waals surface area contributed by atoms with Crippen LogP contribution < -0.4 is 5.73 Å². The first-order valence-electron chi connectivity index (χ1n) is 6.61. The first kappa shape index (κ1) is 12.6. The van der Waals surface area contributed by atoms with Gasteiger partial charge in [0.05, 0.1) is 0 Å².